The summed E-state index contributed by atoms with van der Waals surface area (Å²) in [7, 11) is 0. The SMILES string of the molecule is CCC(CC)(C(=O)OCCOCCN1CCCC1)c1ccccc1. The summed E-state index contributed by atoms with van der Waals surface area (Å²) in [5, 5.41) is 0. The number of hydrogen-bond acceptors (Lipinski definition) is 4. The van der Waals surface area contributed by atoms with Crippen LogP contribution in [0.25, 0.3) is 0 Å². The van der Waals surface area contributed by atoms with Crippen LogP contribution in [0.15, 0.2) is 30.3 Å². The van der Waals surface area contributed by atoms with E-state index >= 15 is 0 Å². The maximum atomic E-state index is 12.7. The monoisotopic (exact) mass is 333 g/mol. The van der Waals surface area contributed by atoms with Crippen molar-refractivity contribution < 1.29 is 14.3 Å². The molecule has 0 unspecified atom stereocenters. The lowest BCUT2D eigenvalue weighted by molar-refractivity contribution is -0.152. The van der Waals surface area contributed by atoms with Gasteiger partial charge in [0, 0.05) is 6.54 Å². The average molecular weight is 333 g/mol. The van der Waals surface area contributed by atoms with Crippen molar-refractivity contribution in [2.45, 2.75) is 44.9 Å². The van der Waals surface area contributed by atoms with Gasteiger partial charge in [0.25, 0.3) is 0 Å². The molecule has 1 fully saturated rings. The highest BCUT2D eigenvalue weighted by Gasteiger charge is 2.38. The molecule has 1 aliphatic rings. The number of likely N-dealkylation sites (tertiary alicyclic amines) is 1. The fraction of sp³-hybridized carbons (Fsp3) is 0.650. The van der Waals surface area contributed by atoms with Gasteiger partial charge in [-0.3, -0.25) is 4.79 Å². The van der Waals surface area contributed by atoms with Crippen LogP contribution in [0.5, 0.6) is 0 Å². The van der Waals surface area contributed by atoms with Crippen molar-refractivity contribution in [1.29, 1.82) is 0 Å². The average Bonchev–Trinajstić information content (AvgIpc) is 3.14. The lowest BCUT2D eigenvalue weighted by atomic mass is 9.76. The molecule has 0 radical (unpaired) electrons. The Labute approximate surface area is 146 Å². The largest absolute Gasteiger partial charge is 0.463 e. The summed E-state index contributed by atoms with van der Waals surface area (Å²) < 4.78 is 11.2. The Kier molecular flexibility index (Phi) is 7.73. The number of carbonyl (C=O) groups excluding carboxylic acids is 1. The third-order valence-corrected chi connectivity index (χ3v) is 5.14. The van der Waals surface area contributed by atoms with Gasteiger partial charge in [0.2, 0.25) is 0 Å². The molecule has 0 N–H and O–H groups in total. The highest BCUT2D eigenvalue weighted by molar-refractivity contribution is 5.83. The predicted octanol–water partition coefficient (Wildman–Crippen LogP) is 3.40. The highest BCUT2D eigenvalue weighted by Crippen LogP contribution is 2.33. The van der Waals surface area contributed by atoms with Crippen molar-refractivity contribution in [3.8, 4) is 0 Å². The van der Waals surface area contributed by atoms with Gasteiger partial charge in [-0.1, -0.05) is 44.2 Å². The van der Waals surface area contributed by atoms with Crippen LogP contribution < -0.4 is 0 Å². The smallest absolute Gasteiger partial charge is 0.316 e. The van der Waals surface area contributed by atoms with E-state index in [0.717, 1.165) is 24.9 Å². The summed E-state index contributed by atoms with van der Waals surface area (Å²) in [4.78, 5) is 15.1. The zero-order valence-electron chi connectivity index (χ0n) is 15.1. The molecule has 1 saturated heterocycles. The maximum Gasteiger partial charge on any atom is 0.316 e. The lowest BCUT2D eigenvalue weighted by Gasteiger charge is -2.29. The van der Waals surface area contributed by atoms with E-state index in [4.69, 9.17) is 9.47 Å². The summed E-state index contributed by atoms with van der Waals surface area (Å²) in [6.07, 6.45) is 4.07. The minimum atomic E-state index is -0.545. The van der Waals surface area contributed by atoms with Crippen molar-refractivity contribution in [1.82, 2.24) is 4.90 Å². The van der Waals surface area contributed by atoms with Gasteiger partial charge in [-0.2, -0.15) is 0 Å². The summed E-state index contributed by atoms with van der Waals surface area (Å²) in [5.74, 6) is -0.137. The third kappa shape index (κ3) is 4.81. The topological polar surface area (TPSA) is 38.8 Å². The molecule has 134 valence electrons. The van der Waals surface area contributed by atoms with Gasteiger partial charge in [0.15, 0.2) is 0 Å². The Balaban J connectivity index is 1.74. The Morgan fingerprint density at radius 2 is 1.71 bits per heavy atom. The molecule has 0 aliphatic carbocycles. The summed E-state index contributed by atoms with van der Waals surface area (Å²) >= 11 is 0. The zero-order valence-corrected chi connectivity index (χ0v) is 15.1. The number of hydrogen-bond donors (Lipinski definition) is 0. The maximum absolute atomic E-state index is 12.7. The van der Waals surface area contributed by atoms with E-state index in [9.17, 15) is 4.79 Å². The first-order valence-corrected chi connectivity index (χ1v) is 9.25. The van der Waals surface area contributed by atoms with E-state index in [2.05, 4.69) is 4.90 Å². The van der Waals surface area contributed by atoms with Crippen LogP contribution >= 0.6 is 0 Å². The molecular formula is C20H31NO3. The molecule has 1 aromatic carbocycles. The van der Waals surface area contributed by atoms with E-state index < -0.39 is 5.41 Å². The van der Waals surface area contributed by atoms with E-state index in [1.807, 2.05) is 44.2 Å². The summed E-state index contributed by atoms with van der Waals surface area (Å²) in [5.41, 5.74) is 0.492. The molecule has 0 spiro atoms. The molecule has 0 saturated carbocycles. The second kappa shape index (κ2) is 9.80. The number of benzene rings is 1. The number of rotatable bonds is 10. The van der Waals surface area contributed by atoms with Crippen LogP contribution in [0, 0.1) is 0 Å². The van der Waals surface area contributed by atoms with Crippen molar-refractivity contribution in [3.05, 3.63) is 35.9 Å². The van der Waals surface area contributed by atoms with E-state index in [-0.39, 0.29) is 5.97 Å². The van der Waals surface area contributed by atoms with Crippen LogP contribution in [0.3, 0.4) is 0 Å². The molecule has 0 atom stereocenters. The second-order valence-electron chi connectivity index (χ2n) is 6.45. The summed E-state index contributed by atoms with van der Waals surface area (Å²) in [6.45, 7) is 8.95. The molecule has 0 amide bonds. The van der Waals surface area contributed by atoms with Gasteiger partial charge in [-0.15, -0.1) is 0 Å². The van der Waals surface area contributed by atoms with Crippen LogP contribution in [-0.2, 0) is 19.7 Å². The lowest BCUT2D eigenvalue weighted by Crippen LogP contribution is -2.37. The van der Waals surface area contributed by atoms with E-state index in [1.165, 1.54) is 25.9 Å². The van der Waals surface area contributed by atoms with Gasteiger partial charge in [-0.25, -0.2) is 0 Å². The first-order chi connectivity index (χ1) is 11.7. The Morgan fingerprint density at radius 1 is 1.04 bits per heavy atom. The van der Waals surface area contributed by atoms with Crippen LogP contribution in [0.1, 0.15) is 45.1 Å². The second-order valence-corrected chi connectivity index (χ2v) is 6.45. The van der Waals surface area contributed by atoms with Crippen molar-refractivity contribution in [2.75, 3.05) is 39.5 Å². The molecule has 1 aliphatic heterocycles. The van der Waals surface area contributed by atoms with Gasteiger partial charge in [0.1, 0.15) is 6.61 Å². The molecule has 0 bridgehead atoms. The van der Waals surface area contributed by atoms with Crippen molar-refractivity contribution in [3.63, 3.8) is 0 Å². The van der Waals surface area contributed by atoms with Gasteiger partial charge in [-0.05, 0) is 44.3 Å². The number of carbonyl (C=O) groups is 1. The molecule has 1 heterocycles. The van der Waals surface area contributed by atoms with Crippen molar-refractivity contribution in [2.24, 2.45) is 0 Å². The molecule has 4 nitrogen and oxygen atoms in total. The first kappa shape index (κ1) is 18.9. The predicted molar refractivity (Wildman–Crippen MR) is 96.2 cm³/mol. The Bertz CT molecular complexity index is 479. The van der Waals surface area contributed by atoms with Gasteiger partial charge in [0.05, 0.1) is 18.6 Å². The standard InChI is InChI=1S/C20H31NO3/c1-3-20(4-2,18-10-6-5-7-11-18)19(22)24-17-16-23-15-14-21-12-8-9-13-21/h5-7,10-11H,3-4,8-9,12-17H2,1-2H3. The third-order valence-electron chi connectivity index (χ3n) is 5.14. The van der Waals surface area contributed by atoms with Crippen LogP contribution in [0.4, 0.5) is 0 Å². The normalized spacial score (nSPS) is 15.6. The molecular weight excluding hydrogens is 302 g/mol. The minimum absolute atomic E-state index is 0.137. The van der Waals surface area contributed by atoms with Crippen molar-refractivity contribution >= 4 is 5.97 Å². The molecule has 0 aromatic heterocycles. The molecule has 2 rings (SSSR count). The fourth-order valence-corrected chi connectivity index (χ4v) is 3.46. The van der Waals surface area contributed by atoms with E-state index in [1.54, 1.807) is 0 Å². The minimum Gasteiger partial charge on any atom is -0.463 e. The number of nitrogens with zero attached hydrogens (tertiary/aromatic N) is 1. The number of esters is 1. The van der Waals surface area contributed by atoms with Crippen LogP contribution in [-0.4, -0.2) is 50.3 Å². The highest BCUT2D eigenvalue weighted by atomic mass is 16.6. The molecule has 4 heteroatoms. The fourth-order valence-electron chi connectivity index (χ4n) is 3.46. The molecule has 1 aromatic rings. The van der Waals surface area contributed by atoms with Gasteiger partial charge >= 0.3 is 5.97 Å². The quantitative estimate of drug-likeness (QED) is 0.486. The Morgan fingerprint density at radius 3 is 2.33 bits per heavy atom. The van der Waals surface area contributed by atoms with E-state index in [0.29, 0.717) is 19.8 Å². The number of ether oxygens (including phenoxy) is 2. The molecule has 24 heavy (non-hydrogen) atoms. The van der Waals surface area contributed by atoms with Gasteiger partial charge < -0.3 is 14.4 Å². The zero-order chi connectivity index (χ0) is 17.3. The summed E-state index contributed by atoms with van der Waals surface area (Å²) in [6, 6.07) is 9.95. The first-order valence-electron chi connectivity index (χ1n) is 9.25. The van der Waals surface area contributed by atoms with Crippen LogP contribution in [0.2, 0.25) is 0 Å². The Hall–Kier alpha value is -1.39.